The zero-order chi connectivity index (χ0) is 15.4. The third-order valence-corrected chi connectivity index (χ3v) is 6.68. The molecule has 0 N–H and O–H groups in total. The van der Waals surface area contributed by atoms with Crippen LogP contribution < -0.4 is 0 Å². The summed E-state index contributed by atoms with van der Waals surface area (Å²) >= 11 is 12.0. The molecule has 21 heavy (non-hydrogen) atoms. The van der Waals surface area contributed by atoms with Crippen LogP contribution in [0.25, 0.3) is 0 Å². The highest BCUT2D eigenvalue weighted by Crippen LogP contribution is 2.66. The minimum atomic E-state index is -0.364. The minimum Gasteiger partial charge on any atom is -0.458 e. The molecule has 0 aromatic heterocycles. The van der Waals surface area contributed by atoms with Crippen molar-refractivity contribution >= 4 is 29.2 Å². The summed E-state index contributed by atoms with van der Waals surface area (Å²) in [7, 11) is 0. The van der Waals surface area contributed by atoms with Gasteiger partial charge in [0.25, 0.3) is 0 Å². The first-order valence-corrected chi connectivity index (χ1v) is 8.17. The molecule has 0 amide bonds. The number of hydrogen-bond acceptors (Lipinski definition) is 2. The highest BCUT2D eigenvalue weighted by Gasteiger charge is 2.62. The van der Waals surface area contributed by atoms with E-state index in [1.165, 1.54) is 6.42 Å². The predicted molar refractivity (Wildman–Crippen MR) is 84.9 cm³/mol. The number of ether oxygens (including phenoxy) is 1. The van der Waals surface area contributed by atoms with Crippen molar-refractivity contribution in [2.45, 2.75) is 46.1 Å². The van der Waals surface area contributed by atoms with E-state index in [0.717, 1.165) is 12.8 Å². The van der Waals surface area contributed by atoms with Crippen LogP contribution in [0.1, 0.15) is 50.4 Å². The number of hydrogen-bond donors (Lipinski definition) is 0. The molecule has 3 rings (SSSR count). The Bertz CT molecular complexity index is 596. The quantitative estimate of drug-likeness (QED) is 0.683. The van der Waals surface area contributed by atoms with E-state index in [-0.39, 0.29) is 22.9 Å². The summed E-state index contributed by atoms with van der Waals surface area (Å²) in [5.74, 6) is 0.271. The van der Waals surface area contributed by atoms with Gasteiger partial charge in [-0.15, -0.1) is 0 Å². The van der Waals surface area contributed by atoms with Crippen LogP contribution in [-0.4, -0.2) is 12.1 Å². The number of esters is 1. The summed E-state index contributed by atoms with van der Waals surface area (Å²) in [4.78, 5) is 12.4. The first-order chi connectivity index (χ1) is 9.75. The maximum atomic E-state index is 12.4. The molecule has 0 spiro atoms. The maximum Gasteiger partial charge on any atom is 0.339 e. The molecular weight excluding hydrogens is 307 g/mol. The molecule has 2 nitrogen and oxygen atoms in total. The first kappa shape index (κ1) is 15.2. The van der Waals surface area contributed by atoms with Gasteiger partial charge in [-0.05, 0) is 48.8 Å². The lowest BCUT2D eigenvalue weighted by atomic mass is 9.70. The summed E-state index contributed by atoms with van der Waals surface area (Å²) in [5, 5.41) is 0.878. The van der Waals surface area contributed by atoms with E-state index in [1.54, 1.807) is 18.2 Å². The van der Waals surface area contributed by atoms with Gasteiger partial charge in [-0.1, -0.05) is 44.0 Å². The average molecular weight is 327 g/mol. The highest BCUT2D eigenvalue weighted by molar-refractivity contribution is 6.35. The Balaban J connectivity index is 1.82. The van der Waals surface area contributed by atoms with E-state index in [2.05, 4.69) is 20.8 Å². The first-order valence-electron chi connectivity index (χ1n) is 7.42. The highest BCUT2D eigenvalue weighted by atomic mass is 35.5. The molecule has 114 valence electrons. The molecule has 3 atom stereocenters. The minimum absolute atomic E-state index is 0.0335. The van der Waals surface area contributed by atoms with Gasteiger partial charge in [0.2, 0.25) is 0 Å². The van der Waals surface area contributed by atoms with Gasteiger partial charge in [-0.3, -0.25) is 0 Å². The van der Waals surface area contributed by atoms with E-state index in [0.29, 0.717) is 21.5 Å². The number of carbonyl (C=O) groups excluding carboxylic acids is 1. The van der Waals surface area contributed by atoms with Gasteiger partial charge in [0.05, 0.1) is 10.6 Å². The van der Waals surface area contributed by atoms with Crippen LogP contribution in [-0.2, 0) is 4.74 Å². The molecule has 1 aromatic carbocycles. The molecule has 0 heterocycles. The van der Waals surface area contributed by atoms with Crippen LogP contribution in [0.15, 0.2) is 18.2 Å². The van der Waals surface area contributed by atoms with E-state index in [9.17, 15) is 4.79 Å². The second kappa shape index (κ2) is 4.89. The Hall–Kier alpha value is -0.730. The summed E-state index contributed by atoms with van der Waals surface area (Å²) in [6, 6.07) is 4.88. The molecule has 0 aliphatic heterocycles. The van der Waals surface area contributed by atoms with Gasteiger partial charge in [-0.25, -0.2) is 4.79 Å². The van der Waals surface area contributed by atoms with Crippen LogP contribution in [0.3, 0.4) is 0 Å². The second-order valence-electron chi connectivity index (χ2n) is 7.13. The fourth-order valence-electron chi connectivity index (χ4n) is 4.16. The largest absolute Gasteiger partial charge is 0.458 e. The van der Waals surface area contributed by atoms with Crippen LogP contribution in [0, 0.1) is 16.7 Å². The summed E-state index contributed by atoms with van der Waals surface area (Å²) in [6.07, 6.45) is 3.27. The van der Waals surface area contributed by atoms with Crippen molar-refractivity contribution in [3.63, 3.8) is 0 Å². The third-order valence-electron chi connectivity index (χ3n) is 6.11. The monoisotopic (exact) mass is 326 g/mol. The molecule has 0 radical (unpaired) electrons. The van der Waals surface area contributed by atoms with E-state index < -0.39 is 0 Å². The van der Waals surface area contributed by atoms with Crippen molar-refractivity contribution in [1.29, 1.82) is 0 Å². The Morgan fingerprint density at radius 1 is 1.29 bits per heavy atom. The van der Waals surface area contributed by atoms with Gasteiger partial charge in [0.1, 0.15) is 6.10 Å². The summed E-state index contributed by atoms with van der Waals surface area (Å²) in [5.41, 5.74) is 0.627. The van der Waals surface area contributed by atoms with Gasteiger partial charge in [-0.2, -0.15) is 0 Å². The van der Waals surface area contributed by atoms with Gasteiger partial charge >= 0.3 is 5.97 Å². The Kier molecular flexibility index (Phi) is 3.53. The molecule has 2 fully saturated rings. The van der Waals surface area contributed by atoms with Crippen LogP contribution in [0.4, 0.5) is 0 Å². The van der Waals surface area contributed by atoms with E-state index >= 15 is 0 Å². The molecule has 1 aromatic rings. The number of halogens is 2. The van der Waals surface area contributed by atoms with Crippen molar-refractivity contribution in [3.8, 4) is 0 Å². The van der Waals surface area contributed by atoms with Crippen molar-refractivity contribution < 1.29 is 9.53 Å². The SMILES string of the molecule is CC1(C)C2CCC1(C)C(OC(=O)c1cc(Cl)ccc1Cl)C2. The lowest BCUT2D eigenvalue weighted by Gasteiger charge is -2.38. The molecule has 3 unspecified atom stereocenters. The lowest BCUT2D eigenvalue weighted by Crippen LogP contribution is -2.38. The summed E-state index contributed by atoms with van der Waals surface area (Å²) < 4.78 is 5.82. The lowest BCUT2D eigenvalue weighted by molar-refractivity contribution is -0.0242. The van der Waals surface area contributed by atoms with Gasteiger partial charge in [0, 0.05) is 10.4 Å². The zero-order valence-electron chi connectivity index (χ0n) is 12.6. The van der Waals surface area contributed by atoms with Crippen LogP contribution in [0.5, 0.6) is 0 Å². The van der Waals surface area contributed by atoms with Crippen molar-refractivity contribution in [2.24, 2.45) is 16.7 Å². The van der Waals surface area contributed by atoms with E-state index in [1.807, 2.05) is 0 Å². The van der Waals surface area contributed by atoms with E-state index in [4.69, 9.17) is 27.9 Å². The molecule has 2 saturated carbocycles. The Labute approximate surface area is 135 Å². The fraction of sp³-hybridized carbons (Fsp3) is 0.588. The summed E-state index contributed by atoms with van der Waals surface area (Å²) in [6.45, 7) is 6.84. The number of fused-ring (bicyclic) bond motifs is 2. The third kappa shape index (κ3) is 2.19. The molecule has 2 bridgehead atoms. The Morgan fingerprint density at radius 3 is 2.57 bits per heavy atom. The van der Waals surface area contributed by atoms with Crippen molar-refractivity contribution in [2.75, 3.05) is 0 Å². The topological polar surface area (TPSA) is 26.3 Å². The number of rotatable bonds is 2. The molecule has 2 aliphatic rings. The number of carbonyl (C=O) groups is 1. The normalized spacial score (nSPS) is 33.2. The molecule has 2 aliphatic carbocycles. The van der Waals surface area contributed by atoms with Gasteiger partial charge in [0.15, 0.2) is 0 Å². The van der Waals surface area contributed by atoms with Crippen LogP contribution >= 0.6 is 23.2 Å². The molecule has 0 saturated heterocycles. The maximum absolute atomic E-state index is 12.4. The standard InChI is InChI=1S/C17H20Cl2O2/c1-16(2)10-6-7-17(16,3)14(8-10)21-15(20)12-9-11(18)4-5-13(12)19/h4-5,9-10,14H,6-8H2,1-3H3. The second-order valence-corrected chi connectivity index (χ2v) is 7.97. The average Bonchev–Trinajstić information content (AvgIpc) is 2.74. The molecule has 4 heteroatoms. The van der Waals surface area contributed by atoms with Gasteiger partial charge < -0.3 is 4.74 Å². The predicted octanol–water partition coefficient (Wildman–Crippen LogP) is 5.37. The van der Waals surface area contributed by atoms with Crippen molar-refractivity contribution in [1.82, 2.24) is 0 Å². The molecular formula is C17H20Cl2O2. The number of benzene rings is 1. The smallest absolute Gasteiger partial charge is 0.339 e. The fourth-order valence-corrected chi connectivity index (χ4v) is 4.52. The zero-order valence-corrected chi connectivity index (χ0v) is 14.1. The van der Waals surface area contributed by atoms with Crippen LogP contribution in [0.2, 0.25) is 10.0 Å². The Morgan fingerprint density at radius 2 is 2.00 bits per heavy atom. The van der Waals surface area contributed by atoms with Crippen molar-refractivity contribution in [3.05, 3.63) is 33.8 Å².